The highest BCUT2D eigenvalue weighted by molar-refractivity contribution is 7.13. The molecule has 4 rings (SSSR count). The van der Waals surface area contributed by atoms with Crippen molar-refractivity contribution in [3.8, 4) is 10.6 Å². The van der Waals surface area contributed by atoms with E-state index in [0.29, 0.717) is 16.7 Å². The maximum absolute atomic E-state index is 12.7. The minimum Gasteiger partial charge on any atom is -0.458 e. The molecule has 0 saturated carbocycles. The van der Waals surface area contributed by atoms with Crippen LogP contribution in [0.2, 0.25) is 5.02 Å². The summed E-state index contributed by atoms with van der Waals surface area (Å²) in [5.74, 6) is 0.304. The number of piperidine rings is 1. The van der Waals surface area contributed by atoms with Gasteiger partial charge in [-0.25, -0.2) is 19.7 Å². The van der Waals surface area contributed by atoms with Crippen molar-refractivity contribution >= 4 is 34.9 Å². The van der Waals surface area contributed by atoms with Crippen LogP contribution in [0.1, 0.15) is 25.0 Å². The van der Waals surface area contributed by atoms with Gasteiger partial charge < -0.3 is 9.64 Å². The first-order valence-electron chi connectivity index (χ1n) is 9.12. The molecule has 6 nitrogen and oxygen atoms in total. The smallest absolute Gasteiger partial charge is 0.329 e. The largest absolute Gasteiger partial charge is 0.458 e. The standard InChI is InChI=1S/C20H19ClN4O2S/c21-16-7-2-1-6-15(16)18-24-14(13-28-18)12-27-19(26)17-8-3-4-11-25(17)20-22-9-5-10-23-20/h1-2,5-7,9-10,13,17H,3-4,8,11-12H2. The molecule has 1 atom stereocenters. The van der Waals surface area contributed by atoms with Gasteiger partial charge in [-0.05, 0) is 31.4 Å². The number of carbonyl (C=O) groups is 1. The molecular formula is C20H19ClN4O2S. The van der Waals surface area contributed by atoms with Crippen LogP contribution in [0.25, 0.3) is 10.6 Å². The fraction of sp³-hybridized carbons (Fsp3) is 0.300. The first-order valence-corrected chi connectivity index (χ1v) is 10.4. The summed E-state index contributed by atoms with van der Waals surface area (Å²) in [6.45, 7) is 0.886. The van der Waals surface area contributed by atoms with Crippen molar-refractivity contribution in [2.75, 3.05) is 11.4 Å². The van der Waals surface area contributed by atoms with Crippen molar-refractivity contribution in [3.63, 3.8) is 0 Å². The van der Waals surface area contributed by atoms with Gasteiger partial charge in [-0.1, -0.05) is 29.8 Å². The summed E-state index contributed by atoms with van der Waals surface area (Å²) in [7, 11) is 0. The Kier molecular flexibility index (Phi) is 5.83. The lowest BCUT2D eigenvalue weighted by atomic mass is 10.0. The van der Waals surface area contributed by atoms with Crippen LogP contribution in [0.15, 0.2) is 48.1 Å². The number of hydrogen-bond acceptors (Lipinski definition) is 7. The maximum Gasteiger partial charge on any atom is 0.329 e. The van der Waals surface area contributed by atoms with Crippen LogP contribution >= 0.6 is 22.9 Å². The van der Waals surface area contributed by atoms with Gasteiger partial charge in [0.15, 0.2) is 0 Å². The maximum atomic E-state index is 12.7. The number of carbonyl (C=O) groups excluding carboxylic acids is 1. The van der Waals surface area contributed by atoms with Crippen molar-refractivity contribution in [2.45, 2.75) is 31.9 Å². The van der Waals surface area contributed by atoms with Crippen molar-refractivity contribution < 1.29 is 9.53 Å². The fourth-order valence-electron chi connectivity index (χ4n) is 3.23. The van der Waals surface area contributed by atoms with Gasteiger partial charge in [-0.15, -0.1) is 11.3 Å². The first-order chi connectivity index (χ1) is 13.7. The molecule has 0 amide bonds. The minimum atomic E-state index is -0.363. The van der Waals surface area contributed by atoms with E-state index in [0.717, 1.165) is 36.4 Å². The summed E-state index contributed by atoms with van der Waals surface area (Å²) in [5, 5.41) is 3.36. The van der Waals surface area contributed by atoms with Crippen LogP contribution in [-0.2, 0) is 16.1 Å². The highest BCUT2D eigenvalue weighted by atomic mass is 35.5. The monoisotopic (exact) mass is 414 g/mol. The summed E-state index contributed by atoms with van der Waals surface area (Å²) in [5.41, 5.74) is 1.60. The minimum absolute atomic E-state index is 0.139. The van der Waals surface area contributed by atoms with E-state index in [1.54, 1.807) is 18.5 Å². The van der Waals surface area contributed by atoms with Gasteiger partial charge in [0.25, 0.3) is 0 Å². The highest BCUT2D eigenvalue weighted by Crippen LogP contribution is 2.30. The average Bonchev–Trinajstić information content (AvgIpc) is 3.22. The van der Waals surface area contributed by atoms with Gasteiger partial charge in [0.1, 0.15) is 17.7 Å². The summed E-state index contributed by atoms with van der Waals surface area (Å²) in [6, 6.07) is 8.97. The van der Waals surface area contributed by atoms with Gasteiger partial charge in [-0.3, -0.25) is 0 Å². The Morgan fingerprint density at radius 1 is 1.21 bits per heavy atom. The predicted molar refractivity (Wildman–Crippen MR) is 109 cm³/mol. The van der Waals surface area contributed by atoms with Crippen molar-refractivity contribution in [1.29, 1.82) is 0 Å². The molecular weight excluding hydrogens is 396 g/mol. The molecule has 0 radical (unpaired) electrons. The Bertz CT molecular complexity index is 950. The fourth-order valence-corrected chi connectivity index (χ4v) is 4.35. The van der Waals surface area contributed by atoms with Crippen LogP contribution in [0.5, 0.6) is 0 Å². The van der Waals surface area contributed by atoms with Crippen molar-refractivity contribution in [2.24, 2.45) is 0 Å². The lowest BCUT2D eigenvalue weighted by molar-refractivity contribution is -0.147. The van der Waals surface area contributed by atoms with Crippen molar-refractivity contribution in [1.82, 2.24) is 15.0 Å². The lowest BCUT2D eigenvalue weighted by Crippen LogP contribution is -2.46. The van der Waals surface area contributed by atoms with E-state index in [-0.39, 0.29) is 18.6 Å². The number of esters is 1. The Hall–Kier alpha value is -2.51. The number of benzene rings is 1. The third-order valence-corrected chi connectivity index (χ3v) is 5.86. The molecule has 1 saturated heterocycles. The number of nitrogens with zero attached hydrogens (tertiary/aromatic N) is 4. The molecule has 144 valence electrons. The van der Waals surface area contributed by atoms with E-state index < -0.39 is 0 Å². The number of anilines is 1. The molecule has 0 spiro atoms. The molecule has 3 aromatic rings. The molecule has 1 aliphatic heterocycles. The molecule has 1 aromatic carbocycles. The number of halogens is 1. The number of ether oxygens (including phenoxy) is 1. The summed E-state index contributed by atoms with van der Waals surface area (Å²) in [6.07, 6.45) is 6.10. The molecule has 2 aromatic heterocycles. The molecule has 1 fully saturated rings. The zero-order valence-electron chi connectivity index (χ0n) is 15.1. The molecule has 1 unspecified atom stereocenters. The number of aromatic nitrogens is 3. The van der Waals surface area contributed by atoms with Gasteiger partial charge in [-0.2, -0.15) is 0 Å². The molecule has 0 aliphatic carbocycles. The van der Waals surface area contributed by atoms with Gasteiger partial charge >= 0.3 is 5.97 Å². The Morgan fingerprint density at radius 2 is 2.04 bits per heavy atom. The first kappa shape index (κ1) is 18.8. The average molecular weight is 415 g/mol. The Balaban J connectivity index is 1.42. The lowest BCUT2D eigenvalue weighted by Gasteiger charge is -2.33. The van der Waals surface area contributed by atoms with E-state index in [1.807, 2.05) is 34.5 Å². The molecule has 0 N–H and O–H groups in total. The quantitative estimate of drug-likeness (QED) is 0.578. The molecule has 1 aliphatic rings. The highest BCUT2D eigenvalue weighted by Gasteiger charge is 2.31. The molecule has 0 bridgehead atoms. The van der Waals surface area contributed by atoms with Crippen LogP contribution in [0, 0.1) is 0 Å². The normalized spacial score (nSPS) is 16.8. The van der Waals surface area contributed by atoms with Gasteiger partial charge in [0.2, 0.25) is 5.95 Å². The summed E-state index contributed by atoms with van der Waals surface area (Å²) < 4.78 is 5.57. The predicted octanol–water partition coefficient (Wildman–Crippen LogP) is 4.36. The van der Waals surface area contributed by atoms with Crippen LogP contribution in [-0.4, -0.2) is 33.5 Å². The molecule has 8 heteroatoms. The molecule has 28 heavy (non-hydrogen) atoms. The topological polar surface area (TPSA) is 68.2 Å². The molecule has 3 heterocycles. The van der Waals surface area contributed by atoms with Gasteiger partial charge in [0, 0.05) is 29.9 Å². The summed E-state index contributed by atoms with van der Waals surface area (Å²) in [4.78, 5) is 27.8. The van der Waals surface area contributed by atoms with Crippen LogP contribution in [0.4, 0.5) is 5.95 Å². The van der Waals surface area contributed by atoms with E-state index in [2.05, 4.69) is 15.0 Å². The zero-order valence-corrected chi connectivity index (χ0v) is 16.7. The third-order valence-electron chi connectivity index (χ3n) is 4.60. The Morgan fingerprint density at radius 3 is 2.86 bits per heavy atom. The van der Waals surface area contributed by atoms with Crippen LogP contribution in [0.3, 0.4) is 0 Å². The second-order valence-corrected chi connectivity index (χ2v) is 7.75. The zero-order chi connectivity index (χ0) is 19.3. The number of hydrogen-bond donors (Lipinski definition) is 0. The second kappa shape index (κ2) is 8.67. The van der Waals surface area contributed by atoms with E-state index in [4.69, 9.17) is 16.3 Å². The second-order valence-electron chi connectivity index (χ2n) is 6.49. The van der Waals surface area contributed by atoms with Crippen molar-refractivity contribution in [3.05, 3.63) is 58.8 Å². The third kappa shape index (κ3) is 4.15. The SMILES string of the molecule is O=C(OCc1csc(-c2ccccc2Cl)n1)C1CCCCN1c1ncccn1. The van der Waals surface area contributed by atoms with E-state index in [1.165, 1.54) is 11.3 Å². The Labute approximate surface area is 172 Å². The number of rotatable bonds is 5. The van der Waals surface area contributed by atoms with Gasteiger partial charge in [0.05, 0.1) is 10.7 Å². The van der Waals surface area contributed by atoms with E-state index >= 15 is 0 Å². The summed E-state index contributed by atoms with van der Waals surface area (Å²) >= 11 is 7.72. The van der Waals surface area contributed by atoms with E-state index in [9.17, 15) is 4.79 Å². The van der Waals surface area contributed by atoms with Crippen LogP contribution < -0.4 is 4.90 Å². The number of thiazole rings is 1.